The molecule has 1 unspecified atom stereocenters. The Kier molecular flexibility index (Phi) is 4.19. The maximum Gasteiger partial charge on any atom is 0.123 e. The van der Waals surface area contributed by atoms with E-state index in [9.17, 15) is 4.39 Å². The highest BCUT2D eigenvalue weighted by atomic mass is 35.5. The maximum absolute atomic E-state index is 13.4. The van der Waals surface area contributed by atoms with Crippen LogP contribution in [0.25, 0.3) is 0 Å². The molecule has 102 valence electrons. The number of nitrogens with two attached hydrogens (primary N) is 1. The van der Waals surface area contributed by atoms with Gasteiger partial charge in [-0.3, -0.25) is 10.5 Å². The maximum atomic E-state index is 13.4. The predicted molar refractivity (Wildman–Crippen MR) is 73.2 cm³/mol. The van der Waals surface area contributed by atoms with E-state index in [1.807, 2.05) is 20.0 Å². The molecule has 3 N–H and O–H groups in total. The molecule has 2 rings (SSSR count). The van der Waals surface area contributed by atoms with Crippen LogP contribution in [0.1, 0.15) is 29.9 Å². The summed E-state index contributed by atoms with van der Waals surface area (Å²) in [5.41, 5.74) is 5.05. The first-order valence-electron chi connectivity index (χ1n) is 6.00. The van der Waals surface area contributed by atoms with Crippen molar-refractivity contribution in [2.45, 2.75) is 19.4 Å². The molecule has 1 atom stereocenters. The molecular weight excluding hydrogens is 267 g/mol. The van der Waals surface area contributed by atoms with Gasteiger partial charge in [-0.2, -0.15) is 5.10 Å². The molecule has 0 bridgehead atoms. The Morgan fingerprint density at radius 1 is 1.47 bits per heavy atom. The molecule has 4 nitrogen and oxygen atoms in total. The van der Waals surface area contributed by atoms with Crippen molar-refractivity contribution in [3.8, 4) is 0 Å². The third-order valence-electron chi connectivity index (χ3n) is 3.06. The molecule has 0 saturated heterocycles. The van der Waals surface area contributed by atoms with E-state index in [1.54, 1.807) is 4.68 Å². The lowest BCUT2D eigenvalue weighted by Crippen LogP contribution is -2.30. The van der Waals surface area contributed by atoms with Crippen LogP contribution in [-0.2, 0) is 13.5 Å². The largest absolute Gasteiger partial charge is 0.271 e. The summed E-state index contributed by atoms with van der Waals surface area (Å²) in [7, 11) is 1.83. The number of aromatic nitrogens is 2. The normalized spacial score (nSPS) is 12.7. The molecule has 0 amide bonds. The van der Waals surface area contributed by atoms with Crippen molar-refractivity contribution in [2.24, 2.45) is 12.9 Å². The molecule has 1 heterocycles. The number of hydrogen-bond donors (Lipinski definition) is 2. The van der Waals surface area contributed by atoms with Gasteiger partial charge in [0, 0.05) is 12.1 Å². The molecule has 0 fully saturated rings. The third kappa shape index (κ3) is 2.78. The number of aryl methyl sites for hydroxylation is 2. The highest BCUT2D eigenvalue weighted by Crippen LogP contribution is 2.28. The Morgan fingerprint density at radius 3 is 2.79 bits per heavy atom. The van der Waals surface area contributed by atoms with Gasteiger partial charge in [-0.05, 0) is 36.2 Å². The average molecular weight is 283 g/mol. The highest BCUT2D eigenvalue weighted by Gasteiger charge is 2.20. The SMILES string of the molecule is CCc1cc(C(NN)c2cc(F)ccc2Cl)n(C)n1. The molecule has 0 radical (unpaired) electrons. The fourth-order valence-corrected chi connectivity index (χ4v) is 2.28. The van der Waals surface area contributed by atoms with Gasteiger partial charge in [-0.15, -0.1) is 0 Å². The predicted octanol–water partition coefficient (Wildman–Crippen LogP) is 2.33. The van der Waals surface area contributed by atoms with Crippen molar-refractivity contribution in [2.75, 3.05) is 0 Å². The lowest BCUT2D eigenvalue weighted by Gasteiger charge is -2.18. The van der Waals surface area contributed by atoms with Crippen LogP contribution >= 0.6 is 11.6 Å². The Labute approximate surface area is 116 Å². The van der Waals surface area contributed by atoms with Crippen LogP contribution in [-0.4, -0.2) is 9.78 Å². The minimum atomic E-state index is -0.402. The fraction of sp³-hybridized carbons (Fsp3) is 0.308. The second-order valence-corrected chi connectivity index (χ2v) is 4.71. The Morgan fingerprint density at radius 2 is 2.21 bits per heavy atom. The average Bonchev–Trinajstić information content (AvgIpc) is 2.76. The number of rotatable bonds is 4. The molecule has 0 spiro atoms. The lowest BCUT2D eigenvalue weighted by molar-refractivity contribution is 0.566. The van der Waals surface area contributed by atoms with Crippen LogP contribution in [0, 0.1) is 5.82 Å². The quantitative estimate of drug-likeness (QED) is 0.668. The second kappa shape index (κ2) is 5.69. The smallest absolute Gasteiger partial charge is 0.123 e. The molecule has 1 aromatic carbocycles. The Bertz CT molecular complexity index is 582. The van der Waals surface area contributed by atoms with E-state index in [-0.39, 0.29) is 5.82 Å². The van der Waals surface area contributed by atoms with Crippen molar-refractivity contribution in [1.82, 2.24) is 15.2 Å². The zero-order chi connectivity index (χ0) is 14.0. The van der Waals surface area contributed by atoms with Crippen LogP contribution < -0.4 is 11.3 Å². The lowest BCUT2D eigenvalue weighted by atomic mass is 10.0. The summed E-state index contributed by atoms with van der Waals surface area (Å²) in [6.45, 7) is 2.02. The molecular formula is C13H16ClFN4. The molecule has 2 aromatic rings. The summed E-state index contributed by atoms with van der Waals surface area (Å²) in [5, 5.41) is 4.82. The third-order valence-corrected chi connectivity index (χ3v) is 3.40. The number of halogens is 2. The molecule has 1 aromatic heterocycles. The van der Waals surface area contributed by atoms with Crippen LogP contribution in [0.15, 0.2) is 24.3 Å². The standard InChI is InChI=1S/C13H16ClFN4/c1-3-9-7-12(19(2)18-9)13(17-16)10-6-8(15)4-5-11(10)14/h4-7,13,17H,3,16H2,1-2H3. The summed E-state index contributed by atoms with van der Waals surface area (Å²) < 4.78 is 15.1. The number of hydrazine groups is 1. The van der Waals surface area contributed by atoms with Crippen molar-refractivity contribution in [1.29, 1.82) is 0 Å². The van der Waals surface area contributed by atoms with E-state index in [0.29, 0.717) is 10.6 Å². The minimum Gasteiger partial charge on any atom is -0.271 e. The summed E-state index contributed by atoms with van der Waals surface area (Å²) in [4.78, 5) is 0. The van der Waals surface area contributed by atoms with E-state index in [2.05, 4.69) is 10.5 Å². The number of benzene rings is 1. The van der Waals surface area contributed by atoms with Crippen LogP contribution in [0.3, 0.4) is 0 Å². The molecule has 0 aliphatic heterocycles. The number of hydrogen-bond acceptors (Lipinski definition) is 3. The van der Waals surface area contributed by atoms with Crippen molar-refractivity contribution >= 4 is 11.6 Å². The van der Waals surface area contributed by atoms with Gasteiger partial charge in [0.15, 0.2) is 0 Å². The Balaban J connectivity index is 2.49. The van der Waals surface area contributed by atoms with E-state index in [4.69, 9.17) is 17.4 Å². The van der Waals surface area contributed by atoms with Gasteiger partial charge >= 0.3 is 0 Å². The van der Waals surface area contributed by atoms with E-state index in [1.165, 1.54) is 18.2 Å². The topological polar surface area (TPSA) is 55.9 Å². The first-order valence-corrected chi connectivity index (χ1v) is 6.38. The van der Waals surface area contributed by atoms with Gasteiger partial charge < -0.3 is 0 Å². The molecule has 0 saturated carbocycles. The van der Waals surface area contributed by atoms with Crippen molar-refractivity contribution in [3.63, 3.8) is 0 Å². The summed E-state index contributed by atoms with van der Waals surface area (Å²) in [6, 6.07) is 5.76. The van der Waals surface area contributed by atoms with Crippen LogP contribution in [0.5, 0.6) is 0 Å². The van der Waals surface area contributed by atoms with Crippen molar-refractivity contribution < 1.29 is 4.39 Å². The Hall–Kier alpha value is -1.43. The highest BCUT2D eigenvalue weighted by molar-refractivity contribution is 6.31. The molecule has 6 heteroatoms. The van der Waals surface area contributed by atoms with Gasteiger partial charge in [0.2, 0.25) is 0 Å². The first kappa shape index (κ1) is 14.0. The van der Waals surface area contributed by atoms with Gasteiger partial charge in [-0.1, -0.05) is 18.5 Å². The molecule has 0 aliphatic rings. The monoisotopic (exact) mass is 282 g/mol. The van der Waals surface area contributed by atoms with Gasteiger partial charge in [0.25, 0.3) is 0 Å². The summed E-state index contributed by atoms with van der Waals surface area (Å²) in [6.07, 6.45) is 0.821. The zero-order valence-electron chi connectivity index (χ0n) is 10.8. The van der Waals surface area contributed by atoms with E-state index < -0.39 is 6.04 Å². The van der Waals surface area contributed by atoms with Crippen LogP contribution in [0.4, 0.5) is 4.39 Å². The van der Waals surface area contributed by atoms with Crippen LogP contribution in [0.2, 0.25) is 5.02 Å². The number of nitrogens with zero attached hydrogens (tertiary/aromatic N) is 2. The second-order valence-electron chi connectivity index (χ2n) is 4.30. The number of nitrogens with one attached hydrogen (secondary N) is 1. The van der Waals surface area contributed by atoms with Gasteiger partial charge in [0.05, 0.1) is 17.4 Å². The first-order chi connectivity index (χ1) is 9.06. The van der Waals surface area contributed by atoms with E-state index in [0.717, 1.165) is 17.8 Å². The molecule has 19 heavy (non-hydrogen) atoms. The fourth-order valence-electron chi connectivity index (χ4n) is 2.06. The zero-order valence-corrected chi connectivity index (χ0v) is 11.6. The molecule has 0 aliphatic carbocycles. The van der Waals surface area contributed by atoms with E-state index >= 15 is 0 Å². The summed E-state index contributed by atoms with van der Waals surface area (Å²) >= 11 is 6.12. The van der Waals surface area contributed by atoms with Crippen molar-refractivity contribution in [3.05, 3.63) is 52.1 Å². The van der Waals surface area contributed by atoms with Gasteiger partial charge in [-0.25, -0.2) is 9.82 Å². The summed E-state index contributed by atoms with van der Waals surface area (Å²) in [5.74, 6) is 5.25. The van der Waals surface area contributed by atoms with Gasteiger partial charge in [0.1, 0.15) is 5.82 Å². The minimum absolute atomic E-state index is 0.350.